The van der Waals surface area contributed by atoms with Crippen molar-refractivity contribution in [2.24, 2.45) is 0 Å². The van der Waals surface area contributed by atoms with E-state index in [0.29, 0.717) is 25.1 Å². The van der Waals surface area contributed by atoms with Crippen LogP contribution in [-0.4, -0.2) is 28.5 Å². The minimum atomic E-state index is -0.427. The number of aryl methyl sites for hydroxylation is 1. The summed E-state index contributed by atoms with van der Waals surface area (Å²) in [6.45, 7) is 2.33. The van der Waals surface area contributed by atoms with Gasteiger partial charge in [0.25, 0.3) is 0 Å². The smallest absolute Gasteiger partial charge is 0.222 e. The molecule has 1 aliphatic rings. The van der Waals surface area contributed by atoms with E-state index in [1.165, 1.54) is 6.33 Å². The summed E-state index contributed by atoms with van der Waals surface area (Å²) in [7, 11) is 0. The van der Waals surface area contributed by atoms with E-state index in [4.69, 9.17) is 0 Å². The summed E-state index contributed by atoms with van der Waals surface area (Å²) < 4.78 is 13.7. The standard InChI is InChI=1S/C10H13FN4O/c1-2-7-9(11)10(14-5-13-7)15-6-3-8(16)12-4-6/h5-6H,2-4H2,1H3,(H,12,16)(H,13,14,15). The zero-order chi connectivity index (χ0) is 11.5. The molecule has 1 aliphatic heterocycles. The summed E-state index contributed by atoms with van der Waals surface area (Å²) >= 11 is 0. The molecular weight excluding hydrogens is 211 g/mol. The molecule has 0 aromatic carbocycles. The van der Waals surface area contributed by atoms with Crippen LogP contribution in [0.15, 0.2) is 6.33 Å². The number of halogens is 1. The molecule has 6 heteroatoms. The van der Waals surface area contributed by atoms with Gasteiger partial charge in [-0.2, -0.15) is 0 Å². The van der Waals surface area contributed by atoms with Crippen molar-refractivity contribution in [3.05, 3.63) is 17.8 Å². The maximum Gasteiger partial charge on any atom is 0.222 e. The second-order valence-electron chi connectivity index (χ2n) is 3.69. The molecule has 1 saturated heterocycles. The predicted octanol–water partition coefficient (Wildman–Crippen LogP) is 0.478. The number of nitrogens with one attached hydrogen (secondary N) is 2. The number of anilines is 1. The van der Waals surface area contributed by atoms with Gasteiger partial charge in [-0.3, -0.25) is 4.79 Å². The van der Waals surface area contributed by atoms with Crippen LogP contribution in [0.1, 0.15) is 19.0 Å². The summed E-state index contributed by atoms with van der Waals surface area (Å²) in [5.74, 6) is -0.277. The molecule has 2 rings (SSSR count). The van der Waals surface area contributed by atoms with Crippen LogP contribution in [0.4, 0.5) is 10.2 Å². The van der Waals surface area contributed by atoms with E-state index in [1.807, 2.05) is 6.92 Å². The molecule has 1 atom stereocenters. The summed E-state index contributed by atoms with van der Waals surface area (Å²) in [6.07, 6.45) is 2.20. The first-order valence-electron chi connectivity index (χ1n) is 5.23. The van der Waals surface area contributed by atoms with Crippen molar-refractivity contribution in [3.63, 3.8) is 0 Å². The molecule has 0 saturated carbocycles. The molecule has 16 heavy (non-hydrogen) atoms. The van der Waals surface area contributed by atoms with Gasteiger partial charge < -0.3 is 10.6 Å². The van der Waals surface area contributed by atoms with Gasteiger partial charge in [0.15, 0.2) is 11.6 Å². The number of aromatic nitrogens is 2. The third-order valence-corrected chi connectivity index (χ3v) is 2.51. The topological polar surface area (TPSA) is 66.9 Å². The minimum absolute atomic E-state index is 0.0253. The normalized spacial score (nSPS) is 19.6. The third kappa shape index (κ3) is 2.10. The minimum Gasteiger partial charge on any atom is -0.363 e. The molecule has 0 spiro atoms. The average Bonchev–Trinajstić information content (AvgIpc) is 2.67. The number of hydrogen-bond acceptors (Lipinski definition) is 4. The van der Waals surface area contributed by atoms with Gasteiger partial charge in [0, 0.05) is 13.0 Å². The molecule has 0 aliphatic carbocycles. The molecule has 1 amide bonds. The lowest BCUT2D eigenvalue weighted by atomic mass is 10.2. The zero-order valence-electron chi connectivity index (χ0n) is 8.96. The molecular formula is C10H13FN4O. The molecule has 0 radical (unpaired) electrons. The van der Waals surface area contributed by atoms with Gasteiger partial charge >= 0.3 is 0 Å². The van der Waals surface area contributed by atoms with Crippen LogP contribution in [0.2, 0.25) is 0 Å². The van der Waals surface area contributed by atoms with Crippen LogP contribution in [0.5, 0.6) is 0 Å². The highest BCUT2D eigenvalue weighted by molar-refractivity contribution is 5.79. The third-order valence-electron chi connectivity index (χ3n) is 2.51. The molecule has 1 unspecified atom stereocenters. The molecule has 86 valence electrons. The van der Waals surface area contributed by atoms with Crippen molar-refractivity contribution in [2.45, 2.75) is 25.8 Å². The van der Waals surface area contributed by atoms with Gasteiger partial charge in [0.05, 0.1) is 11.7 Å². The quantitative estimate of drug-likeness (QED) is 0.783. The van der Waals surface area contributed by atoms with Gasteiger partial charge in [-0.25, -0.2) is 14.4 Å². The Labute approximate surface area is 92.5 Å². The van der Waals surface area contributed by atoms with Crippen molar-refractivity contribution in [1.82, 2.24) is 15.3 Å². The van der Waals surface area contributed by atoms with Crippen molar-refractivity contribution in [2.75, 3.05) is 11.9 Å². The number of nitrogens with zero attached hydrogens (tertiary/aromatic N) is 2. The Kier molecular flexibility index (Phi) is 2.98. The van der Waals surface area contributed by atoms with Crippen LogP contribution in [0.3, 0.4) is 0 Å². The Morgan fingerprint density at radius 1 is 1.62 bits per heavy atom. The Hall–Kier alpha value is -1.72. The first kappa shape index (κ1) is 10.8. The monoisotopic (exact) mass is 224 g/mol. The first-order valence-corrected chi connectivity index (χ1v) is 5.23. The Bertz CT molecular complexity index is 410. The largest absolute Gasteiger partial charge is 0.363 e. The fourth-order valence-corrected chi connectivity index (χ4v) is 1.65. The fraction of sp³-hybridized carbons (Fsp3) is 0.500. The van der Waals surface area contributed by atoms with Crippen LogP contribution in [-0.2, 0) is 11.2 Å². The zero-order valence-corrected chi connectivity index (χ0v) is 8.96. The Morgan fingerprint density at radius 2 is 2.44 bits per heavy atom. The molecule has 0 bridgehead atoms. The molecule has 1 aromatic heterocycles. The van der Waals surface area contributed by atoms with Crippen molar-refractivity contribution in [1.29, 1.82) is 0 Å². The Morgan fingerprint density at radius 3 is 3.06 bits per heavy atom. The second-order valence-corrected chi connectivity index (χ2v) is 3.69. The highest BCUT2D eigenvalue weighted by Gasteiger charge is 2.23. The van der Waals surface area contributed by atoms with Gasteiger partial charge in [-0.05, 0) is 6.42 Å². The summed E-state index contributed by atoms with van der Waals surface area (Å²) in [6, 6.07) is -0.0957. The summed E-state index contributed by atoms with van der Waals surface area (Å²) in [4.78, 5) is 18.7. The molecule has 2 heterocycles. The van der Waals surface area contributed by atoms with Crippen molar-refractivity contribution >= 4 is 11.7 Å². The number of rotatable bonds is 3. The molecule has 2 N–H and O–H groups in total. The maximum absolute atomic E-state index is 13.7. The van der Waals surface area contributed by atoms with E-state index in [0.717, 1.165) is 0 Å². The molecule has 5 nitrogen and oxygen atoms in total. The number of carbonyl (C=O) groups excluding carboxylic acids is 1. The van der Waals surface area contributed by atoms with E-state index in [-0.39, 0.29) is 17.8 Å². The number of carbonyl (C=O) groups is 1. The average molecular weight is 224 g/mol. The van der Waals surface area contributed by atoms with Crippen LogP contribution in [0.25, 0.3) is 0 Å². The molecule has 1 fully saturated rings. The maximum atomic E-state index is 13.7. The van der Waals surface area contributed by atoms with E-state index in [9.17, 15) is 9.18 Å². The van der Waals surface area contributed by atoms with Crippen LogP contribution >= 0.6 is 0 Å². The summed E-state index contributed by atoms with van der Waals surface area (Å²) in [5.41, 5.74) is 0.384. The second kappa shape index (κ2) is 4.42. The first-order chi connectivity index (χ1) is 7.70. The van der Waals surface area contributed by atoms with E-state index in [1.54, 1.807) is 0 Å². The van der Waals surface area contributed by atoms with Crippen LogP contribution < -0.4 is 10.6 Å². The lowest BCUT2D eigenvalue weighted by Crippen LogP contribution is -2.23. The highest BCUT2D eigenvalue weighted by atomic mass is 19.1. The van der Waals surface area contributed by atoms with Crippen molar-refractivity contribution < 1.29 is 9.18 Å². The van der Waals surface area contributed by atoms with Crippen molar-refractivity contribution in [3.8, 4) is 0 Å². The molecule has 1 aromatic rings. The Balaban J connectivity index is 2.12. The predicted molar refractivity (Wildman–Crippen MR) is 56.4 cm³/mol. The van der Waals surface area contributed by atoms with Gasteiger partial charge in [-0.1, -0.05) is 6.92 Å². The lowest BCUT2D eigenvalue weighted by molar-refractivity contribution is -0.119. The van der Waals surface area contributed by atoms with Crippen LogP contribution in [0, 0.1) is 5.82 Å². The van der Waals surface area contributed by atoms with E-state index < -0.39 is 5.82 Å². The fourth-order valence-electron chi connectivity index (χ4n) is 1.65. The number of amides is 1. The summed E-state index contributed by atoms with van der Waals surface area (Å²) in [5, 5.41) is 5.58. The van der Waals surface area contributed by atoms with Gasteiger partial charge in [0.2, 0.25) is 5.91 Å². The van der Waals surface area contributed by atoms with E-state index >= 15 is 0 Å². The SMILES string of the molecule is CCc1ncnc(NC2CNC(=O)C2)c1F. The van der Waals surface area contributed by atoms with E-state index in [2.05, 4.69) is 20.6 Å². The lowest BCUT2D eigenvalue weighted by Gasteiger charge is -2.12. The number of hydrogen-bond donors (Lipinski definition) is 2. The van der Waals surface area contributed by atoms with Gasteiger partial charge in [0.1, 0.15) is 6.33 Å². The van der Waals surface area contributed by atoms with Gasteiger partial charge in [-0.15, -0.1) is 0 Å². The highest BCUT2D eigenvalue weighted by Crippen LogP contribution is 2.15.